The molecule has 0 saturated heterocycles. The number of hydrogen-bond acceptors (Lipinski definition) is 3. The fourth-order valence-electron chi connectivity index (χ4n) is 2.13. The molecule has 0 aliphatic rings. The summed E-state index contributed by atoms with van der Waals surface area (Å²) in [5.41, 5.74) is 2.63. The molecule has 23 heavy (non-hydrogen) atoms. The molecule has 0 unspecified atom stereocenters. The van der Waals surface area contributed by atoms with E-state index >= 15 is 0 Å². The third kappa shape index (κ3) is 4.26. The molecule has 0 saturated carbocycles. The van der Waals surface area contributed by atoms with Gasteiger partial charge in [0, 0.05) is 16.8 Å². The van der Waals surface area contributed by atoms with Crippen LogP contribution in [0.4, 0.5) is 0 Å². The van der Waals surface area contributed by atoms with Gasteiger partial charge in [0.05, 0.1) is 17.0 Å². The van der Waals surface area contributed by atoms with Crippen LogP contribution < -0.4 is 0 Å². The van der Waals surface area contributed by atoms with Crippen LogP contribution in [0.2, 0.25) is 5.02 Å². The standard InChI is InChI=1S/C17H11ClN2O2.K.H/c18-12-8-6-11(7-9-12)14-4-1-5-15(20-14)16-13(17(21)22)3-2-10-19-16;;/h1-10H,(H,21,22);;. The summed E-state index contributed by atoms with van der Waals surface area (Å²) >= 11 is 5.89. The molecule has 1 N–H and O–H groups in total. The van der Waals surface area contributed by atoms with E-state index in [0.29, 0.717) is 16.4 Å². The molecule has 2 aromatic heterocycles. The predicted molar refractivity (Wildman–Crippen MR) is 92.0 cm³/mol. The summed E-state index contributed by atoms with van der Waals surface area (Å²) in [6.45, 7) is 0. The third-order valence-electron chi connectivity index (χ3n) is 3.17. The molecule has 0 amide bonds. The van der Waals surface area contributed by atoms with E-state index in [1.165, 1.54) is 6.07 Å². The first-order chi connectivity index (χ1) is 10.6. The van der Waals surface area contributed by atoms with Crippen molar-refractivity contribution in [2.24, 2.45) is 0 Å². The number of benzene rings is 1. The number of nitrogens with zero attached hydrogens (tertiary/aromatic N) is 2. The van der Waals surface area contributed by atoms with Gasteiger partial charge in [0.15, 0.2) is 0 Å². The van der Waals surface area contributed by atoms with Crippen molar-refractivity contribution < 1.29 is 9.90 Å². The molecule has 0 fully saturated rings. The topological polar surface area (TPSA) is 63.1 Å². The summed E-state index contributed by atoms with van der Waals surface area (Å²) in [6.07, 6.45) is 1.55. The fraction of sp³-hybridized carbons (Fsp3) is 0. The van der Waals surface area contributed by atoms with Gasteiger partial charge in [0.25, 0.3) is 0 Å². The number of carboxylic acid groups (broad SMARTS) is 1. The van der Waals surface area contributed by atoms with Crippen molar-refractivity contribution in [3.63, 3.8) is 0 Å². The zero-order chi connectivity index (χ0) is 15.5. The molecule has 0 aliphatic heterocycles. The monoisotopic (exact) mass is 350 g/mol. The minimum atomic E-state index is -1.03. The molecule has 0 atom stereocenters. The third-order valence-corrected chi connectivity index (χ3v) is 3.42. The Labute approximate surface area is 181 Å². The molecule has 0 spiro atoms. The summed E-state index contributed by atoms with van der Waals surface area (Å²) in [5.74, 6) is -1.03. The van der Waals surface area contributed by atoms with Crippen molar-refractivity contribution in [3.8, 4) is 22.6 Å². The van der Waals surface area contributed by atoms with Gasteiger partial charge in [-0.3, -0.25) is 4.98 Å². The van der Waals surface area contributed by atoms with Crippen molar-refractivity contribution >= 4 is 69.0 Å². The molecule has 0 radical (unpaired) electrons. The molecule has 0 aliphatic carbocycles. The molecule has 6 heteroatoms. The summed E-state index contributed by atoms with van der Waals surface area (Å²) < 4.78 is 0. The average Bonchev–Trinajstić information content (AvgIpc) is 2.55. The summed E-state index contributed by atoms with van der Waals surface area (Å²) in [6, 6.07) is 15.8. The van der Waals surface area contributed by atoms with E-state index in [4.69, 9.17) is 11.6 Å². The fourth-order valence-corrected chi connectivity index (χ4v) is 2.26. The van der Waals surface area contributed by atoms with Crippen LogP contribution in [-0.4, -0.2) is 72.4 Å². The van der Waals surface area contributed by atoms with Gasteiger partial charge in [-0.2, -0.15) is 0 Å². The average molecular weight is 351 g/mol. The van der Waals surface area contributed by atoms with Crippen LogP contribution in [0.3, 0.4) is 0 Å². The van der Waals surface area contributed by atoms with E-state index in [1.54, 1.807) is 30.5 Å². The minimum absolute atomic E-state index is 0. The summed E-state index contributed by atoms with van der Waals surface area (Å²) in [7, 11) is 0. The number of rotatable bonds is 3. The van der Waals surface area contributed by atoms with Gasteiger partial charge in [-0.1, -0.05) is 29.8 Å². The Morgan fingerprint density at radius 3 is 2.35 bits per heavy atom. The Kier molecular flexibility index (Phi) is 6.47. The SMILES string of the molecule is O=C(O)c1cccnc1-c1cccc(-c2ccc(Cl)cc2)n1.[KH]. The van der Waals surface area contributed by atoms with Crippen LogP contribution in [0, 0.1) is 0 Å². The van der Waals surface area contributed by atoms with E-state index in [1.807, 2.05) is 24.3 Å². The molecular formula is C17H12ClKN2O2. The summed E-state index contributed by atoms with van der Waals surface area (Å²) in [4.78, 5) is 20.0. The zero-order valence-corrected chi connectivity index (χ0v) is 12.2. The van der Waals surface area contributed by atoms with E-state index in [0.717, 1.165) is 11.3 Å². The van der Waals surface area contributed by atoms with Crippen molar-refractivity contribution in [3.05, 3.63) is 71.4 Å². The second-order valence-corrected chi connectivity index (χ2v) is 5.06. The summed E-state index contributed by atoms with van der Waals surface area (Å²) in [5, 5.41) is 9.91. The van der Waals surface area contributed by atoms with Crippen LogP contribution in [0.1, 0.15) is 10.4 Å². The molecule has 2 heterocycles. The molecule has 1 aromatic carbocycles. The van der Waals surface area contributed by atoms with Crippen LogP contribution in [-0.2, 0) is 0 Å². The maximum atomic E-state index is 11.3. The Balaban J connectivity index is 0.00000192. The number of halogens is 1. The molecule has 3 rings (SSSR count). The van der Waals surface area contributed by atoms with Gasteiger partial charge in [-0.05, 0) is 36.4 Å². The number of aromatic nitrogens is 2. The van der Waals surface area contributed by atoms with Crippen molar-refractivity contribution in [1.82, 2.24) is 9.97 Å². The Morgan fingerprint density at radius 1 is 0.957 bits per heavy atom. The zero-order valence-electron chi connectivity index (χ0n) is 11.4. The van der Waals surface area contributed by atoms with Gasteiger partial charge in [0.2, 0.25) is 0 Å². The van der Waals surface area contributed by atoms with Crippen molar-refractivity contribution in [2.45, 2.75) is 0 Å². The Hall–Kier alpha value is -1.08. The van der Waals surface area contributed by atoms with Crippen LogP contribution in [0.15, 0.2) is 60.8 Å². The first kappa shape index (κ1) is 18.3. The maximum absolute atomic E-state index is 11.3. The second kappa shape index (κ2) is 8.14. The first-order valence-corrected chi connectivity index (χ1v) is 6.94. The van der Waals surface area contributed by atoms with Crippen LogP contribution in [0.5, 0.6) is 0 Å². The molecule has 3 aromatic rings. The van der Waals surface area contributed by atoms with E-state index in [2.05, 4.69) is 9.97 Å². The molecule has 110 valence electrons. The number of aromatic carboxylic acids is 1. The number of carbonyl (C=O) groups is 1. The predicted octanol–water partition coefficient (Wildman–Crippen LogP) is 3.51. The number of pyridine rings is 2. The normalized spacial score (nSPS) is 9.96. The van der Waals surface area contributed by atoms with E-state index < -0.39 is 5.97 Å². The molecule has 0 bridgehead atoms. The number of hydrogen-bond donors (Lipinski definition) is 1. The number of carboxylic acids is 1. The van der Waals surface area contributed by atoms with Crippen LogP contribution >= 0.6 is 11.6 Å². The van der Waals surface area contributed by atoms with E-state index in [9.17, 15) is 9.90 Å². The Bertz CT molecular complexity index is 838. The van der Waals surface area contributed by atoms with Gasteiger partial charge < -0.3 is 5.11 Å². The molecule has 4 nitrogen and oxygen atoms in total. The van der Waals surface area contributed by atoms with Crippen LogP contribution in [0.25, 0.3) is 22.6 Å². The van der Waals surface area contributed by atoms with Gasteiger partial charge in [-0.25, -0.2) is 9.78 Å². The molecular weight excluding hydrogens is 339 g/mol. The van der Waals surface area contributed by atoms with E-state index in [-0.39, 0.29) is 56.9 Å². The Morgan fingerprint density at radius 2 is 1.65 bits per heavy atom. The first-order valence-electron chi connectivity index (χ1n) is 6.57. The van der Waals surface area contributed by atoms with Crippen molar-refractivity contribution in [1.29, 1.82) is 0 Å². The second-order valence-electron chi connectivity index (χ2n) is 4.62. The van der Waals surface area contributed by atoms with Gasteiger partial charge >= 0.3 is 57.4 Å². The van der Waals surface area contributed by atoms with Gasteiger partial charge in [0.1, 0.15) is 5.69 Å². The van der Waals surface area contributed by atoms with Gasteiger partial charge in [-0.15, -0.1) is 0 Å². The van der Waals surface area contributed by atoms with Crippen molar-refractivity contribution in [2.75, 3.05) is 0 Å². The quantitative estimate of drug-likeness (QED) is 0.734.